The predicted molar refractivity (Wildman–Crippen MR) is 64.1 cm³/mol. The molecule has 2 aliphatic rings. The van der Waals surface area contributed by atoms with Gasteiger partial charge < -0.3 is 4.74 Å². The van der Waals surface area contributed by atoms with Crippen LogP contribution in [-0.2, 0) is 9.57 Å². The fraction of sp³-hybridized carbons (Fsp3) is 1.00. The molecule has 0 spiro atoms. The Morgan fingerprint density at radius 2 is 2.06 bits per heavy atom. The summed E-state index contributed by atoms with van der Waals surface area (Å²) >= 11 is 0. The average Bonchev–Trinajstić information content (AvgIpc) is 2.80. The van der Waals surface area contributed by atoms with Crippen LogP contribution in [0.3, 0.4) is 0 Å². The molecule has 0 aromatic carbocycles. The molecule has 2 fully saturated rings. The SMILES string of the molecule is CCC1(C)CC(NOC2CCCC2)CCO1. The van der Waals surface area contributed by atoms with E-state index in [0.29, 0.717) is 12.1 Å². The zero-order valence-corrected chi connectivity index (χ0v) is 10.6. The first-order chi connectivity index (χ1) is 7.72. The monoisotopic (exact) mass is 227 g/mol. The molecule has 1 aliphatic heterocycles. The van der Waals surface area contributed by atoms with Gasteiger partial charge in [-0.1, -0.05) is 19.8 Å². The fourth-order valence-electron chi connectivity index (χ4n) is 2.68. The molecule has 94 valence electrons. The number of hydroxylamine groups is 1. The summed E-state index contributed by atoms with van der Waals surface area (Å²) in [6, 6.07) is 0.472. The Labute approximate surface area is 98.8 Å². The molecule has 16 heavy (non-hydrogen) atoms. The van der Waals surface area contributed by atoms with Crippen LogP contribution < -0.4 is 5.48 Å². The smallest absolute Gasteiger partial charge is 0.0790 e. The first-order valence-corrected chi connectivity index (χ1v) is 6.77. The topological polar surface area (TPSA) is 30.5 Å². The molecule has 0 amide bonds. The van der Waals surface area contributed by atoms with Crippen molar-refractivity contribution in [2.45, 2.75) is 76.5 Å². The van der Waals surface area contributed by atoms with Gasteiger partial charge in [0.15, 0.2) is 0 Å². The van der Waals surface area contributed by atoms with Gasteiger partial charge in [-0.05, 0) is 39.0 Å². The summed E-state index contributed by atoms with van der Waals surface area (Å²) in [7, 11) is 0. The van der Waals surface area contributed by atoms with E-state index in [1.165, 1.54) is 25.7 Å². The third kappa shape index (κ3) is 3.19. The van der Waals surface area contributed by atoms with E-state index in [2.05, 4.69) is 19.3 Å². The van der Waals surface area contributed by atoms with Gasteiger partial charge in [-0.3, -0.25) is 4.84 Å². The minimum atomic E-state index is 0.0505. The normalized spacial score (nSPS) is 36.8. The molecular formula is C13H25NO2. The van der Waals surface area contributed by atoms with Gasteiger partial charge in [0.1, 0.15) is 0 Å². The molecule has 1 aliphatic carbocycles. The summed E-state index contributed by atoms with van der Waals surface area (Å²) in [5, 5.41) is 0. The quantitative estimate of drug-likeness (QED) is 0.749. The van der Waals surface area contributed by atoms with Crippen LogP contribution in [0.15, 0.2) is 0 Å². The van der Waals surface area contributed by atoms with Crippen molar-refractivity contribution in [2.75, 3.05) is 6.61 Å². The molecular weight excluding hydrogens is 202 g/mol. The highest BCUT2D eigenvalue weighted by atomic mass is 16.7. The molecule has 2 atom stereocenters. The summed E-state index contributed by atoms with van der Waals surface area (Å²) in [6.07, 6.45) is 8.77. The van der Waals surface area contributed by atoms with Gasteiger partial charge >= 0.3 is 0 Å². The lowest BCUT2D eigenvalue weighted by molar-refractivity contribution is -0.117. The van der Waals surface area contributed by atoms with Crippen molar-refractivity contribution in [1.82, 2.24) is 5.48 Å². The lowest BCUT2D eigenvalue weighted by Gasteiger charge is -2.38. The Morgan fingerprint density at radius 1 is 1.31 bits per heavy atom. The average molecular weight is 227 g/mol. The second-order valence-electron chi connectivity index (χ2n) is 5.48. The van der Waals surface area contributed by atoms with Crippen LogP contribution in [0.25, 0.3) is 0 Å². The van der Waals surface area contributed by atoms with Crippen LogP contribution in [0.5, 0.6) is 0 Å². The van der Waals surface area contributed by atoms with E-state index in [0.717, 1.165) is 25.9 Å². The summed E-state index contributed by atoms with van der Waals surface area (Å²) in [5.74, 6) is 0. The van der Waals surface area contributed by atoms with Crippen LogP contribution in [0.2, 0.25) is 0 Å². The fourth-order valence-corrected chi connectivity index (χ4v) is 2.68. The predicted octanol–water partition coefficient (Wildman–Crippen LogP) is 2.80. The number of hydrogen-bond donors (Lipinski definition) is 1. The highest BCUT2D eigenvalue weighted by Gasteiger charge is 2.32. The summed E-state index contributed by atoms with van der Waals surface area (Å²) < 4.78 is 5.82. The van der Waals surface area contributed by atoms with Gasteiger partial charge in [0.05, 0.1) is 11.7 Å². The van der Waals surface area contributed by atoms with Gasteiger partial charge in [0, 0.05) is 12.6 Å². The van der Waals surface area contributed by atoms with Gasteiger partial charge in [-0.15, -0.1) is 0 Å². The lowest BCUT2D eigenvalue weighted by Crippen LogP contribution is -2.45. The summed E-state index contributed by atoms with van der Waals surface area (Å²) in [5.41, 5.74) is 3.32. The largest absolute Gasteiger partial charge is 0.375 e. The minimum absolute atomic E-state index is 0.0505. The third-order valence-electron chi connectivity index (χ3n) is 4.05. The Hall–Kier alpha value is -0.120. The number of nitrogens with one attached hydrogen (secondary N) is 1. The highest BCUT2D eigenvalue weighted by molar-refractivity contribution is 4.84. The molecule has 0 aromatic rings. The van der Waals surface area contributed by atoms with Crippen molar-refractivity contribution < 1.29 is 9.57 Å². The van der Waals surface area contributed by atoms with Crippen molar-refractivity contribution in [3.8, 4) is 0 Å². The third-order valence-corrected chi connectivity index (χ3v) is 4.05. The van der Waals surface area contributed by atoms with Crippen molar-refractivity contribution >= 4 is 0 Å². The van der Waals surface area contributed by atoms with E-state index in [1.807, 2.05) is 0 Å². The molecule has 1 heterocycles. The molecule has 0 bridgehead atoms. The first kappa shape index (κ1) is 12.3. The van der Waals surface area contributed by atoms with Gasteiger partial charge in [-0.2, -0.15) is 5.48 Å². The molecule has 1 saturated carbocycles. The molecule has 3 nitrogen and oxygen atoms in total. The van der Waals surface area contributed by atoms with E-state index in [9.17, 15) is 0 Å². The molecule has 3 heteroatoms. The van der Waals surface area contributed by atoms with Crippen LogP contribution in [0.1, 0.15) is 58.8 Å². The zero-order valence-electron chi connectivity index (χ0n) is 10.6. The van der Waals surface area contributed by atoms with E-state index < -0.39 is 0 Å². The molecule has 0 radical (unpaired) electrons. The Bertz CT molecular complexity index is 216. The molecule has 1 saturated heterocycles. The second-order valence-corrected chi connectivity index (χ2v) is 5.48. The molecule has 2 unspecified atom stereocenters. The number of rotatable bonds is 4. The van der Waals surface area contributed by atoms with Crippen LogP contribution in [-0.4, -0.2) is 24.4 Å². The van der Waals surface area contributed by atoms with Gasteiger partial charge in [0.2, 0.25) is 0 Å². The van der Waals surface area contributed by atoms with Crippen molar-refractivity contribution in [2.24, 2.45) is 0 Å². The van der Waals surface area contributed by atoms with E-state index in [4.69, 9.17) is 9.57 Å². The van der Waals surface area contributed by atoms with Crippen molar-refractivity contribution in [3.63, 3.8) is 0 Å². The first-order valence-electron chi connectivity index (χ1n) is 6.77. The van der Waals surface area contributed by atoms with Crippen LogP contribution in [0.4, 0.5) is 0 Å². The Kier molecular flexibility index (Phi) is 4.22. The lowest BCUT2D eigenvalue weighted by atomic mass is 9.90. The van der Waals surface area contributed by atoms with Gasteiger partial charge in [-0.25, -0.2) is 0 Å². The van der Waals surface area contributed by atoms with Crippen molar-refractivity contribution in [3.05, 3.63) is 0 Å². The van der Waals surface area contributed by atoms with Crippen LogP contribution in [0, 0.1) is 0 Å². The Balaban J connectivity index is 1.72. The standard InChI is InChI=1S/C13H25NO2/c1-3-13(2)10-11(8-9-15-13)14-16-12-6-4-5-7-12/h11-12,14H,3-10H2,1-2H3. The molecule has 2 rings (SSSR count). The van der Waals surface area contributed by atoms with E-state index in [-0.39, 0.29) is 5.60 Å². The van der Waals surface area contributed by atoms with Crippen LogP contribution >= 0.6 is 0 Å². The Morgan fingerprint density at radius 3 is 2.75 bits per heavy atom. The minimum Gasteiger partial charge on any atom is -0.375 e. The molecule has 0 aromatic heterocycles. The van der Waals surface area contributed by atoms with Gasteiger partial charge in [0.25, 0.3) is 0 Å². The maximum Gasteiger partial charge on any atom is 0.0790 e. The maximum absolute atomic E-state index is 5.82. The maximum atomic E-state index is 5.82. The van der Waals surface area contributed by atoms with E-state index >= 15 is 0 Å². The summed E-state index contributed by atoms with van der Waals surface area (Å²) in [4.78, 5) is 5.77. The molecule has 1 N–H and O–H groups in total. The number of hydrogen-bond acceptors (Lipinski definition) is 3. The summed E-state index contributed by atoms with van der Waals surface area (Å²) in [6.45, 7) is 5.26. The van der Waals surface area contributed by atoms with Crippen molar-refractivity contribution in [1.29, 1.82) is 0 Å². The number of ether oxygens (including phenoxy) is 1. The second kappa shape index (κ2) is 5.48. The van der Waals surface area contributed by atoms with E-state index in [1.54, 1.807) is 0 Å². The highest BCUT2D eigenvalue weighted by Crippen LogP contribution is 2.28. The zero-order chi connectivity index (χ0) is 11.4.